The number of amides is 1. The molecule has 0 spiro atoms. The molecule has 0 radical (unpaired) electrons. The van der Waals surface area contributed by atoms with Crippen molar-refractivity contribution in [2.24, 2.45) is 34.7 Å². The minimum Gasteiger partial charge on any atom is -0.477 e. The van der Waals surface area contributed by atoms with Gasteiger partial charge in [-0.15, -0.1) is 0 Å². The van der Waals surface area contributed by atoms with E-state index in [1.54, 1.807) is 17.1 Å². The van der Waals surface area contributed by atoms with Gasteiger partial charge in [0.25, 0.3) is 5.91 Å². The highest BCUT2D eigenvalue weighted by atomic mass is 16.6. The number of aromatic nitrogens is 2. The summed E-state index contributed by atoms with van der Waals surface area (Å²) in [6.45, 7) is 3.02. The summed E-state index contributed by atoms with van der Waals surface area (Å²) in [5, 5.41) is 15.5. The van der Waals surface area contributed by atoms with Crippen LogP contribution in [0, 0.1) is 29.6 Å². The SMILES string of the molecule is O=C(NC1C2CC3CC(C2)CC1C3)c1cnn(C/C=N/OC2CCNCC2)c1OCC1CCCCC1. The summed E-state index contributed by atoms with van der Waals surface area (Å²) in [5.41, 5.74) is 0.562. The second-order valence-corrected chi connectivity index (χ2v) is 12.1. The fourth-order valence-corrected chi connectivity index (χ4v) is 7.89. The first-order valence-corrected chi connectivity index (χ1v) is 14.6. The molecular weight excluding hydrogens is 454 g/mol. The molecule has 7 rings (SSSR count). The monoisotopic (exact) mass is 497 g/mol. The van der Waals surface area contributed by atoms with Crippen molar-refractivity contribution in [3.63, 3.8) is 0 Å². The molecule has 2 heterocycles. The van der Waals surface area contributed by atoms with Gasteiger partial charge in [-0.1, -0.05) is 24.4 Å². The van der Waals surface area contributed by atoms with Crippen LogP contribution in [-0.2, 0) is 11.4 Å². The van der Waals surface area contributed by atoms with Crippen molar-refractivity contribution in [2.75, 3.05) is 19.7 Å². The lowest BCUT2D eigenvalue weighted by Gasteiger charge is -2.54. The lowest BCUT2D eigenvalue weighted by atomic mass is 9.54. The number of carbonyl (C=O) groups excluding carboxylic acids is 1. The van der Waals surface area contributed by atoms with Crippen LogP contribution in [0.1, 0.15) is 87.4 Å². The van der Waals surface area contributed by atoms with Crippen molar-refractivity contribution in [1.29, 1.82) is 0 Å². The molecule has 198 valence electrons. The van der Waals surface area contributed by atoms with Crippen LogP contribution in [0.2, 0.25) is 0 Å². The van der Waals surface area contributed by atoms with E-state index in [9.17, 15) is 4.79 Å². The number of nitrogens with zero attached hydrogens (tertiary/aromatic N) is 3. The van der Waals surface area contributed by atoms with Crippen LogP contribution < -0.4 is 15.4 Å². The Bertz CT molecular complexity index is 890. The molecule has 8 nitrogen and oxygen atoms in total. The lowest BCUT2D eigenvalue weighted by molar-refractivity contribution is -0.0120. The maximum atomic E-state index is 13.5. The number of oxime groups is 1. The topological polar surface area (TPSA) is 89.8 Å². The van der Waals surface area contributed by atoms with Gasteiger partial charge in [0.05, 0.1) is 25.6 Å². The van der Waals surface area contributed by atoms with Crippen molar-refractivity contribution in [3.05, 3.63) is 11.8 Å². The average molecular weight is 498 g/mol. The largest absolute Gasteiger partial charge is 0.477 e. The van der Waals surface area contributed by atoms with Gasteiger partial charge in [-0.05, 0) is 100 Å². The highest BCUT2D eigenvalue weighted by Gasteiger charge is 2.48. The van der Waals surface area contributed by atoms with Gasteiger partial charge < -0.3 is 20.2 Å². The van der Waals surface area contributed by atoms with E-state index in [1.165, 1.54) is 64.2 Å². The van der Waals surface area contributed by atoms with Crippen LogP contribution in [0.4, 0.5) is 0 Å². The molecule has 8 heteroatoms. The Morgan fingerprint density at radius 2 is 1.78 bits per heavy atom. The standard InChI is InChI=1S/C28H43N5O3/c34-27(32-26-22-13-20-12-21(15-22)16-23(26)14-20)25-17-30-33(11-10-31-36-24-6-8-29-9-7-24)28(25)35-18-19-4-2-1-3-5-19/h10,17,19-24,26,29H,1-9,11-16,18H2,(H,32,34)/b31-10+. The van der Waals surface area contributed by atoms with Crippen LogP contribution in [0.5, 0.6) is 5.88 Å². The van der Waals surface area contributed by atoms with E-state index in [2.05, 4.69) is 20.9 Å². The highest BCUT2D eigenvalue weighted by Crippen LogP contribution is 2.53. The van der Waals surface area contributed by atoms with E-state index in [0.29, 0.717) is 48.4 Å². The molecule has 5 aliphatic carbocycles. The fraction of sp³-hybridized carbons (Fsp3) is 0.821. The van der Waals surface area contributed by atoms with Crippen LogP contribution in [-0.4, -0.2) is 53.7 Å². The molecular formula is C28H43N5O3. The van der Waals surface area contributed by atoms with Gasteiger partial charge in [0, 0.05) is 6.04 Å². The molecule has 0 atom stereocenters. The molecule has 0 aromatic carbocycles. The summed E-state index contributed by atoms with van der Waals surface area (Å²) < 4.78 is 8.12. The number of piperidine rings is 1. The van der Waals surface area contributed by atoms with E-state index in [4.69, 9.17) is 9.57 Å². The minimum atomic E-state index is -0.0275. The summed E-state index contributed by atoms with van der Waals surface area (Å²) in [6.07, 6.45) is 18.4. The van der Waals surface area contributed by atoms with E-state index >= 15 is 0 Å². The van der Waals surface area contributed by atoms with Crippen molar-refractivity contribution >= 4 is 12.1 Å². The molecule has 2 N–H and O–H groups in total. The van der Waals surface area contributed by atoms with Gasteiger partial charge in [-0.25, -0.2) is 4.68 Å². The third-order valence-corrected chi connectivity index (χ3v) is 9.57. The molecule has 4 bridgehead atoms. The Balaban J connectivity index is 1.12. The zero-order valence-electron chi connectivity index (χ0n) is 21.6. The average Bonchev–Trinajstić information content (AvgIpc) is 3.31. The van der Waals surface area contributed by atoms with E-state index in [1.807, 2.05) is 0 Å². The van der Waals surface area contributed by atoms with Crippen LogP contribution in [0.25, 0.3) is 0 Å². The van der Waals surface area contributed by atoms with Gasteiger partial charge >= 0.3 is 0 Å². The number of ether oxygens (including phenoxy) is 1. The maximum absolute atomic E-state index is 13.5. The molecule has 1 saturated heterocycles. The number of nitrogens with one attached hydrogen (secondary N) is 2. The lowest BCUT2D eigenvalue weighted by Crippen LogP contribution is -2.55. The van der Waals surface area contributed by atoms with Gasteiger partial charge in [0.15, 0.2) is 0 Å². The van der Waals surface area contributed by atoms with Gasteiger partial charge in [-0.2, -0.15) is 5.10 Å². The second kappa shape index (κ2) is 11.1. The smallest absolute Gasteiger partial charge is 0.258 e. The number of hydrogen-bond acceptors (Lipinski definition) is 6. The molecule has 0 unspecified atom stereocenters. The van der Waals surface area contributed by atoms with Gasteiger partial charge in [0.1, 0.15) is 11.7 Å². The molecule has 6 aliphatic rings. The number of rotatable bonds is 9. The predicted molar refractivity (Wildman–Crippen MR) is 138 cm³/mol. The Morgan fingerprint density at radius 3 is 2.50 bits per heavy atom. The Labute approximate surface area is 214 Å². The third kappa shape index (κ3) is 5.43. The normalized spacial score (nSPS) is 32.7. The van der Waals surface area contributed by atoms with E-state index in [0.717, 1.165) is 37.8 Å². The van der Waals surface area contributed by atoms with Gasteiger partial charge in [0.2, 0.25) is 5.88 Å². The summed E-state index contributed by atoms with van der Waals surface area (Å²) in [6, 6.07) is 0.305. The fourth-order valence-electron chi connectivity index (χ4n) is 7.89. The summed E-state index contributed by atoms with van der Waals surface area (Å²) in [4.78, 5) is 19.2. The highest BCUT2D eigenvalue weighted by molar-refractivity contribution is 5.96. The third-order valence-electron chi connectivity index (χ3n) is 9.57. The molecule has 1 amide bonds. The maximum Gasteiger partial charge on any atom is 0.258 e. The molecule has 1 aromatic rings. The van der Waals surface area contributed by atoms with Crippen molar-refractivity contribution in [1.82, 2.24) is 20.4 Å². The molecule has 36 heavy (non-hydrogen) atoms. The van der Waals surface area contributed by atoms with Crippen molar-refractivity contribution in [2.45, 2.75) is 95.7 Å². The minimum absolute atomic E-state index is 0.0275. The molecule has 1 aromatic heterocycles. The zero-order chi connectivity index (χ0) is 24.3. The van der Waals surface area contributed by atoms with Crippen molar-refractivity contribution < 1.29 is 14.4 Å². The van der Waals surface area contributed by atoms with E-state index < -0.39 is 0 Å². The summed E-state index contributed by atoms with van der Waals surface area (Å²) in [7, 11) is 0. The Morgan fingerprint density at radius 1 is 1.06 bits per heavy atom. The second-order valence-electron chi connectivity index (χ2n) is 12.1. The molecule has 6 fully saturated rings. The van der Waals surface area contributed by atoms with Crippen molar-refractivity contribution in [3.8, 4) is 5.88 Å². The zero-order valence-corrected chi connectivity index (χ0v) is 21.6. The first-order chi connectivity index (χ1) is 17.7. The molecule has 5 saturated carbocycles. The quantitative estimate of drug-likeness (QED) is 0.395. The summed E-state index contributed by atoms with van der Waals surface area (Å²) >= 11 is 0. The number of hydrogen-bond donors (Lipinski definition) is 2. The molecule has 1 aliphatic heterocycles. The van der Waals surface area contributed by atoms with E-state index in [-0.39, 0.29) is 12.0 Å². The Hall–Kier alpha value is -2.09. The first kappa shape index (κ1) is 24.3. The summed E-state index contributed by atoms with van der Waals surface area (Å²) in [5.74, 6) is 4.18. The van der Waals surface area contributed by atoms with Crippen LogP contribution in [0.3, 0.4) is 0 Å². The Kier molecular flexibility index (Phi) is 7.49. The van der Waals surface area contributed by atoms with Crippen LogP contribution >= 0.6 is 0 Å². The predicted octanol–water partition coefficient (Wildman–Crippen LogP) is 4.15. The first-order valence-electron chi connectivity index (χ1n) is 14.6. The van der Waals surface area contributed by atoms with Crippen LogP contribution in [0.15, 0.2) is 11.4 Å². The van der Waals surface area contributed by atoms with Gasteiger partial charge in [-0.3, -0.25) is 4.79 Å². The number of carbonyl (C=O) groups is 1.